The lowest BCUT2D eigenvalue weighted by Crippen LogP contribution is -2.27. The normalized spacial score (nSPS) is 15.1. The van der Waals surface area contributed by atoms with E-state index in [1.807, 2.05) is 36.4 Å². The second-order valence-electron chi connectivity index (χ2n) is 6.52. The zero-order chi connectivity index (χ0) is 21.1. The average molecular weight is 436 g/mol. The summed E-state index contributed by atoms with van der Waals surface area (Å²) in [5.41, 5.74) is 2.31. The van der Waals surface area contributed by atoms with Crippen LogP contribution in [-0.2, 0) is 16.1 Å². The van der Waals surface area contributed by atoms with Gasteiger partial charge in [0.15, 0.2) is 0 Å². The van der Waals surface area contributed by atoms with E-state index < -0.39 is 0 Å². The molecule has 5 nitrogen and oxygen atoms in total. The van der Waals surface area contributed by atoms with Crippen molar-refractivity contribution in [1.82, 2.24) is 4.90 Å². The Labute approximate surface area is 183 Å². The number of amides is 1. The van der Waals surface area contributed by atoms with Crippen molar-refractivity contribution >= 4 is 46.3 Å². The number of hydrogen-bond acceptors (Lipinski definition) is 6. The minimum atomic E-state index is -0.390. The summed E-state index contributed by atoms with van der Waals surface area (Å²) < 4.78 is 11.1. The molecule has 0 radical (unpaired) electrons. The molecule has 7 heteroatoms. The number of nitrogens with zero attached hydrogens (tertiary/aromatic N) is 1. The van der Waals surface area contributed by atoms with E-state index in [1.54, 1.807) is 41.3 Å². The van der Waals surface area contributed by atoms with Gasteiger partial charge in [0, 0.05) is 11.6 Å². The molecule has 0 aliphatic carbocycles. The number of carbonyl (C=O) groups is 2. The number of furan rings is 1. The summed E-state index contributed by atoms with van der Waals surface area (Å²) in [5.74, 6) is 0.674. The maximum atomic E-state index is 12.8. The Balaban J connectivity index is 1.50. The molecule has 0 bridgehead atoms. The van der Waals surface area contributed by atoms with E-state index in [9.17, 15) is 9.59 Å². The molecule has 1 aliphatic rings. The van der Waals surface area contributed by atoms with Crippen LogP contribution in [0.1, 0.15) is 21.7 Å². The SMILES string of the molecule is COC(=O)c1ccc(-c2ccc(C=C3SC(=S)N(Cc4ccccc4)C3=O)o2)cc1. The largest absolute Gasteiger partial charge is 0.465 e. The average Bonchev–Trinajstić information content (AvgIpc) is 3.34. The summed E-state index contributed by atoms with van der Waals surface area (Å²) in [5, 5.41) is 0. The van der Waals surface area contributed by atoms with Crippen LogP contribution >= 0.6 is 24.0 Å². The molecule has 1 saturated heterocycles. The lowest BCUT2D eigenvalue weighted by Gasteiger charge is -2.14. The molecular formula is C23H17NO4S2. The first kappa shape index (κ1) is 20.1. The highest BCUT2D eigenvalue weighted by Gasteiger charge is 2.32. The third kappa shape index (κ3) is 4.22. The van der Waals surface area contributed by atoms with Gasteiger partial charge in [0.25, 0.3) is 5.91 Å². The molecule has 0 unspecified atom stereocenters. The lowest BCUT2D eigenvalue weighted by molar-refractivity contribution is -0.122. The fraction of sp³-hybridized carbons (Fsp3) is 0.0870. The van der Waals surface area contributed by atoms with E-state index in [0.29, 0.717) is 32.9 Å². The number of ether oxygens (including phenoxy) is 1. The Hall–Kier alpha value is -3.16. The van der Waals surface area contributed by atoms with Crippen LogP contribution in [0.5, 0.6) is 0 Å². The van der Waals surface area contributed by atoms with Gasteiger partial charge in [-0.05, 0) is 29.8 Å². The maximum Gasteiger partial charge on any atom is 0.337 e. The Bertz CT molecular complexity index is 1130. The van der Waals surface area contributed by atoms with Crippen molar-refractivity contribution in [3.05, 3.63) is 88.5 Å². The highest BCUT2D eigenvalue weighted by atomic mass is 32.2. The molecule has 30 heavy (non-hydrogen) atoms. The van der Waals surface area contributed by atoms with E-state index in [1.165, 1.54) is 18.9 Å². The predicted molar refractivity (Wildman–Crippen MR) is 121 cm³/mol. The molecule has 2 heterocycles. The number of esters is 1. The van der Waals surface area contributed by atoms with Crippen LogP contribution in [-0.4, -0.2) is 28.2 Å². The number of rotatable bonds is 5. The molecule has 0 saturated carbocycles. The summed E-state index contributed by atoms with van der Waals surface area (Å²) in [7, 11) is 1.34. The zero-order valence-corrected chi connectivity index (χ0v) is 17.7. The summed E-state index contributed by atoms with van der Waals surface area (Å²) in [6.45, 7) is 0.443. The summed E-state index contributed by atoms with van der Waals surface area (Å²) >= 11 is 6.66. The van der Waals surface area contributed by atoms with Gasteiger partial charge in [-0.15, -0.1) is 0 Å². The van der Waals surface area contributed by atoms with Crippen molar-refractivity contribution in [3.8, 4) is 11.3 Å². The third-order valence-electron chi connectivity index (χ3n) is 4.55. The second kappa shape index (κ2) is 8.69. The summed E-state index contributed by atoms with van der Waals surface area (Å²) in [6.07, 6.45) is 1.70. The molecule has 0 spiro atoms. The Morgan fingerprint density at radius 2 is 1.83 bits per heavy atom. The number of thioether (sulfide) groups is 1. The van der Waals surface area contributed by atoms with Crippen molar-refractivity contribution in [2.45, 2.75) is 6.54 Å². The van der Waals surface area contributed by atoms with E-state index in [2.05, 4.69) is 0 Å². The van der Waals surface area contributed by atoms with Crippen molar-refractivity contribution in [2.24, 2.45) is 0 Å². The van der Waals surface area contributed by atoms with Crippen molar-refractivity contribution in [3.63, 3.8) is 0 Å². The molecule has 1 aromatic heterocycles. The molecule has 2 aromatic carbocycles. The van der Waals surface area contributed by atoms with Gasteiger partial charge in [0.1, 0.15) is 15.8 Å². The second-order valence-corrected chi connectivity index (χ2v) is 8.20. The van der Waals surface area contributed by atoms with E-state index in [4.69, 9.17) is 21.4 Å². The predicted octanol–water partition coefficient (Wildman–Crippen LogP) is 5.13. The third-order valence-corrected chi connectivity index (χ3v) is 5.93. The monoisotopic (exact) mass is 435 g/mol. The van der Waals surface area contributed by atoms with Crippen LogP contribution < -0.4 is 0 Å². The molecule has 150 valence electrons. The van der Waals surface area contributed by atoms with Gasteiger partial charge >= 0.3 is 5.97 Å². The maximum absolute atomic E-state index is 12.8. The highest BCUT2D eigenvalue weighted by Crippen LogP contribution is 2.34. The van der Waals surface area contributed by atoms with Crippen molar-refractivity contribution in [1.29, 1.82) is 0 Å². The molecular weight excluding hydrogens is 418 g/mol. The van der Waals surface area contributed by atoms with Gasteiger partial charge in [-0.3, -0.25) is 9.69 Å². The van der Waals surface area contributed by atoms with Gasteiger partial charge in [-0.25, -0.2) is 4.79 Å². The molecule has 1 aliphatic heterocycles. The molecule has 0 N–H and O–H groups in total. The van der Waals surface area contributed by atoms with Crippen molar-refractivity contribution < 1.29 is 18.7 Å². The first-order valence-corrected chi connectivity index (χ1v) is 10.4. The minimum Gasteiger partial charge on any atom is -0.465 e. The molecule has 1 fully saturated rings. The Morgan fingerprint density at radius 1 is 1.10 bits per heavy atom. The summed E-state index contributed by atoms with van der Waals surface area (Å²) in [6, 6.07) is 20.3. The van der Waals surface area contributed by atoms with Crippen LogP contribution in [0.25, 0.3) is 17.4 Å². The smallest absolute Gasteiger partial charge is 0.337 e. The highest BCUT2D eigenvalue weighted by molar-refractivity contribution is 8.26. The van der Waals surface area contributed by atoms with Crippen molar-refractivity contribution in [2.75, 3.05) is 7.11 Å². The van der Waals surface area contributed by atoms with Gasteiger partial charge in [-0.2, -0.15) is 0 Å². The van der Waals surface area contributed by atoms with Gasteiger partial charge in [-0.1, -0.05) is 66.4 Å². The van der Waals surface area contributed by atoms with Crippen LogP contribution in [0.2, 0.25) is 0 Å². The van der Waals surface area contributed by atoms with E-state index >= 15 is 0 Å². The first-order valence-electron chi connectivity index (χ1n) is 9.13. The van der Waals surface area contributed by atoms with E-state index in [0.717, 1.165) is 11.1 Å². The van der Waals surface area contributed by atoms with Gasteiger partial charge in [0.05, 0.1) is 24.1 Å². The fourth-order valence-electron chi connectivity index (χ4n) is 3.01. The molecule has 1 amide bonds. The Morgan fingerprint density at radius 3 is 2.53 bits per heavy atom. The van der Waals surface area contributed by atoms with Crippen LogP contribution in [0.15, 0.2) is 76.1 Å². The zero-order valence-electron chi connectivity index (χ0n) is 16.0. The topological polar surface area (TPSA) is 59.8 Å². The van der Waals surface area contributed by atoms with Crippen LogP contribution in [0.4, 0.5) is 0 Å². The van der Waals surface area contributed by atoms with Gasteiger partial charge in [0.2, 0.25) is 0 Å². The molecule has 0 atom stereocenters. The van der Waals surface area contributed by atoms with E-state index in [-0.39, 0.29) is 11.9 Å². The summed E-state index contributed by atoms with van der Waals surface area (Å²) in [4.78, 5) is 26.5. The van der Waals surface area contributed by atoms with Gasteiger partial charge < -0.3 is 9.15 Å². The van der Waals surface area contributed by atoms with Crippen LogP contribution in [0, 0.1) is 0 Å². The quantitative estimate of drug-likeness (QED) is 0.314. The molecule has 3 aromatic rings. The molecule has 4 rings (SSSR count). The number of benzene rings is 2. The minimum absolute atomic E-state index is 0.130. The first-order chi connectivity index (χ1) is 14.5. The standard InChI is InChI=1S/C23H17NO4S2/c1-27-22(26)17-9-7-16(8-10-17)19-12-11-18(28-19)13-20-21(25)24(23(29)30-20)14-15-5-3-2-4-6-15/h2-13H,14H2,1H3. The van der Waals surface area contributed by atoms with Crippen LogP contribution in [0.3, 0.4) is 0 Å². The fourth-order valence-corrected chi connectivity index (χ4v) is 4.24. The number of hydrogen-bond donors (Lipinski definition) is 0. The number of carbonyl (C=O) groups excluding carboxylic acids is 2. The number of methoxy groups -OCH3 is 1. The Kier molecular flexibility index (Phi) is 5.83. The number of thiocarbonyl (C=S) groups is 1. The lowest BCUT2D eigenvalue weighted by atomic mass is 10.1.